The fourth-order valence-electron chi connectivity index (χ4n) is 4.09. The van der Waals surface area contributed by atoms with Gasteiger partial charge in [-0.25, -0.2) is 0 Å². The first-order chi connectivity index (χ1) is 15.8. The molecule has 0 aliphatic heterocycles. The number of halogens is 2. The van der Waals surface area contributed by atoms with Gasteiger partial charge in [-0.05, 0) is 55.5 Å². The van der Waals surface area contributed by atoms with E-state index in [0.29, 0.717) is 22.3 Å². The van der Waals surface area contributed by atoms with E-state index in [1.807, 2.05) is 18.2 Å². The van der Waals surface area contributed by atoms with E-state index >= 15 is 0 Å². The second-order valence-corrected chi connectivity index (χ2v) is 10.5. The molecule has 1 N–H and O–H groups in total. The van der Waals surface area contributed by atoms with Crippen molar-refractivity contribution in [3.05, 3.63) is 69.2 Å². The molecule has 0 bridgehead atoms. The molecule has 3 rings (SSSR count). The van der Waals surface area contributed by atoms with Gasteiger partial charge in [-0.15, -0.1) is 11.8 Å². The minimum Gasteiger partial charge on any atom is -0.352 e. The average molecular weight is 508 g/mol. The zero-order valence-electron chi connectivity index (χ0n) is 19.3. The lowest BCUT2D eigenvalue weighted by Crippen LogP contribution is -2.50. The molecule has 1 saturated carbocycles. The van der Waals surface area contributed by atoms with Gasteiger partial charge in [0.05, 0.1) is 15.8 Å². The lowest BCUT2D eigenvalue weighted by Gasteiger charge is -2.31. The monoisotopic (exact) mass is 506 g/mol. The Hall–Kier alpha value is -1.69. The fraction of sp³-hybridized carbons (Fsp3) is 0.462. The molecule has 4 nitrogen and oxygen atoms in total. The molecule has 178 valence electrons. The van der Waals surface area contributed by atoms with Gasteiger partial charge in [-0.2, -0.15) is 0 Å². The van der Waals surface area contributed by atoms with Crippen molar-refractivity contribution in [2.24, 2.45) is 0 Å². The van der Waals surface area contributed by atoms with Gasteiger partial charge in [-0.1, -0.05) is 72.8 Å². The highest BCUT2D eigenvalue weighted by Crippen LogP contribution is 2.25. The van der Waals surface area contributed by atoms with Crippen LogP contribution in [0.4, 0.5) is 0 Å². The number of hydrogen-bond donors (Lipinski definition) is 1. The molecule has 33 heavy (non-hydrogen) atoms. The first kappa shape index (κ1) is 25.9. The van der Waals surface area contributed by atoms with Crippen LogP contribution >= 0.6 is 35.0 Å². The van der Waals surface area contributed by atoms with Crippen LogP contribution in [-0.2, 0) is 21.9 Å². The molecule has 0 unspecified atom stereocenters. The highest BCUT2D eigenvalue weighted by molar-refractivity contribution is 7.99. The van der Waals surface area contributed by atoms with E-state index < -0.39 is 6.04 Å². The van der Waals surface area contributed by atoms with Gasteiger partial charge >= 0.3 is 0 Å². The summed E-state index contributed by atoms with van der Waals surface area (Å²) in [5.74, 6) is 0.892. The molecule has 2 aromatic carbocycles. The van der Waals surface area contributed by atoms with E-state index in [1.165, 1.54) is 17.5 Å². The maximum absolute atomic E-state index is 13.3. The summed E-state index contributed by atoms with van der Waals surface area (Å²) in [7, 11) is 0. The van der Waals surface area contributed by atoms with E-state index in [4.69, 9.17) is 23.2 Å². The van der Waals surface area contributed by atoms with Crippen LogP contribution in [0.1, 0.15) is 55.7 Å². The van der Waals surface area contributed by atoms with Gasteiger partial charge in [0.15, 0.2) is 0 Å². The molecule has 0 aromatic heterocycles. The Labute approximate surface area is 211 Å². The first-order valence-corrected chi connectivity index (χ1v) is 13.4. The van der Waals surface area contributed by atoms with E-state index in [0.717, 1.165) is 37.0 Å². The second-order valence-electron chi connectivity index (χ2n) is 8.71. The Morgan fingerprint density at radius 3 is 2.52 bits per heavy atom. The van der Waals surface area contributed by atoms with Crippen LogP contribution in [0.25, 0.3) is 0 Å². The van der Waals surface area contributed by atoms with Crippen molar-refractivity contribution in [1.29, 1.82) is 0 Å². The highest BCUT2D eigenvalue weighted by atomic mass is 35.5. The minimum atomic E-state index is -0.576. The summed E-state index contributed by atoms with van der Waals surface area (Å²) in [5.41, 5.74) is 3.28. The smallest absolute Gasteiger partial charge is 0.242 e. The van der Waals surface area contributed by atoms with E-state index in [2.05, 4.69) is 24.4 Å². The van der Waals surface area contributed by atoms with Crippen molar-refractivity contribution in [2.75, 3.05) is 5.75 Å². The number of nitrogens with zero attached hydrogens (tertiary/aromatic N) is 1. The number of thioether (sulfide) groups is 1. The van der Waals surface area contributed by atoms with Crippen molar-refractivity contribution in [3.63, 3.8) is 0 Å². The summed E-state index contributed by atoms with van der Waals surface area (Å²) < 4.78 is 0. The minimum absolute atomic E-state index is 0.0639. The maximum Gasteiger partial charge on any atom is 0.242 e. The molecule has 2 aromatic rings. The van der Waals surface area contributed by atoms with Gasteiger partial charge < -0.3 is 10.2 Å². The summed E-state index contributed by atoms with van der Waals surface area (Å²) in [4.78, 5) is 28.0. The summed E-state index contributed by atoms with van der Waals surface area (Å²) >= 11 is 13.8. The van der Waals surface area contributed by atoms with Gasteiger partial charge in [0.1, 0.15) is 6.04 Å². The third-order valence-corrected chi connectivity index (χ3v) is 7.91. The van der Waals surface area contributed by atoms with Crippen LogP contribution in [0, 0.1) is 6.92 Å². The molecule has 1 aliphatic rings. The summed E-state index contributed by atoms with van der Waals surface area (Å²) in [6, 6.07) is 13.1. The predicted octanol–water partition coefficient (Wildman–Crippen LogP) is 6.40. The van der Waals surface area contributed by atoms with Gasteiger partial charge in [0.25, 0.3) is 0 Å². The number of hydrogen-bond acceptors (Lipinski definition) is 3. The Morgan fingerprint density at radius 1 is 1.09 bits per heavy atom. The standard InChI is InChI=1S/C26H32Cl2N2O2S/c1-18-8-6-7-9-21(18)16-33-17-25(31)30(15-20-12-13-23(27)24(28)14-20)19(2)26(32)29-22-10-4-3-5-11-22/h6-9,12-14,19,22H,3-5,10-11,15-17H2,1-2H3,(H,29,32)/t19-/m0/s1. The van der Waals surface area contributed by atoms with Crippen LogP contribution in [0.2, 0.25) is 10.0 Å². The fourth-order valence-corrected chi connectivity index (χ4v) is 5.40. The Balaban J connectivity index is 1.68. The molecule has 7 heteroatoms. The maximum atomic E-state index is 13.3. The van der Waals surface area contributed by atoms with Gasteiger partial charge in [0, 0.05) is 18.3 Å². The number of carbonyl (C=O) groups excluding carboxylic acids is 2. The zero-order valence-corrected chi connectivity index (χ0v) is 21.6. The highest BCUT2D eigenvalue weighted by Gasteiger charge is 2.28. The lowest BCUT2D eigenvalue weighted by molar-refractivity contribution is -0.139. The Bertz CT molecular complexity index is 963. The van der Waals surface area contributed by atoms with Crippen LogP contribution in [0.3, 0.4) is 0 Å². The number of aryl methyl sites for hydroxylation is 1. The predicted molar refractivity (Wildman–Crippen MR) is 139 cm³/mol. The van der Waals surface area contributed by atoms with Gasteiger partial charge in [0.2, 0.25) is 11.8 Å². The average Bonchev–Trinajstić information content (AvgIpc) is 2.81. The molecular weight excluding hydrogens is 475 g/mol. The van der Waals surface area contributed by atoms with Crippen molar-refractivity contribution in [3.8, 4) is 0 Å². The number of nitrogens with one attached hydrogen (secondary N) is 1. The Kier molecular flexibility index (Phi) is 9.96. The molecular formula is C26H32Cl2N2O2S. The van der Waals surface area contributed by atoms with E-state index in [1.54, 1.807) is 35.7 Å². The summed E-state index contributed by atoms with van der Waals surface area (Å²) in [6.45, 7) is 4.19. The van der Waals surface area contributed by atoms with Crippen molar-refractivity contribution >= 4 is 46.8 Å². The second kappa shape index (κ2) is 12.7. The molecule has 1 atom stereocenters. The summed E-state index contributed by atoms with van der Waals surface area (Å²) in [6.07, 6.45) is 5.51. The number of amides is 2. The largest absolute Gasteiger partial charge is 0.352 e. The van der Waals surface area contributed by atoms with Gasteiger partial charge in [-0.3, -0.25) is 9.59 Å². The van der Waals surface area contributed by atoms with E-state index in [9.17, 15) is 9.59 Å². The van der Waals surface area contributed by atoms with E-state index in [-0.39, 0.29) is 17.9 Å². The quantitative estimate of drug-likeness (QED) is 0.427. The summed E-state index contributed by atoms with van der Waals surface area (Å²) in [5, 5.41) is 4.07. The molecule has 1 fully saturated rings. The normalized spacial score (nSPS) is 15.2. The number of carbonyl (C=O) groups is 2. The van der Waals surface area contributed by atoms with Crippen LogP contribution in [0.15, 0.2) is 42.5 Å². The topological polar surface area (TPSA) is 49.4 Å². The molecule has 1 aliphatic carbocycles. The van der Waals surface area contributed by atoms with Crippen LogP contribution in [-0.4, -0.2) is 34.6 Å². The van der Waals surface area contributed by atoms with Crippen LogP contribution in [0.5, 0.6) is 0 Å². The number of rotatable bonds is 9. The first-order valence-electron chi connectivity index (χ1n) is 11.5. The zero-order chi connectivity index (χ0) is 23.8. The third-order valence-electron chi connectivity index (χ3n) is 6.20. The third kappa shape index (κ3) is 7.66. The Morgan fingerprint density at radius 2 is 1.82 bits per heavy atom. The van der Waals surface area contributed by atoms with Crippen LogP contribution < -0.4 is 5.32 Å². The van der Waals surface area contributed by atoms with Crippen molar-refractivity contribution in [1.82, 2.24) is 10.2 Å². The van der Waals surface area contributed by atoms with Crippen molar-refractivity contribution < 1.29 is 9.59 Å². The molecule has 0 saturated heterocycles. The lowest BCUT2D eigenvalue weighted by atomic mass is 9.95. The molecule has 0 spiro atoms. The van der Waals surface area contributed by atoms with Crippen molar-refractivity contribution in [2.45, 2.75) is 70.3 Å². The molecule has 0 heterocycles. The number of benzene rings is 2. The molecule has 0 radical (unpaired) electrons. The SMILES string of the molecule is Cc1ccccc1CSCC(=O)N(Cc1ccc(Cl)c(Cl)c1)[C@@H](C)C(=O)NC1CCCCC1. The molecule has 2 amide bonds.